The first kappa shape index (κ1) is 16.7. The van der Waals surface area contributed by atoms with Crippen molar-refractivity contribution in [3.05, 3.63) is 66.2 Å². The lowest BCUT2D eigenvalue weighted by molar-refractivity contribution is -0.131. The van der Waals surface area contributed by atoms with Crippen LogP contribution in [0.15, 0.2) is 71.1 Å². The first-order chi connectivity index (χ1) is 10.00. The first-order valence-electron chi connectivity index (χ1n) is 6.24. The predicted octanol–water partition coefficient (Wildman–Crippen LogP) is 2.11. The van der Waals surface area contributed by atoms with Gasteiger partial charge in [-0.1, -0.05) is 24.3 Å². The van der Waals surface area contributed by atoms with E-state index >= 15 is 0 Å². The second-order valence-corrected chi connectivity index (χ2v) is 5.96. The van der Waals surface area contributed by atoms with Crippen LogP contribution in [-0.4, -0.2) is 26.0 Å². The number of allylic oxidation sites excluding steroid dienone is 2. The van der Waals surface area contributed by atoms with Crippen molar-refractivity contribution in [1.82, 2.24) is 5.32 Å². The number of hydrogen-bond donors (Lipinski definition) is 2. The summed E-state index contributed by atoms with van der Waals surface area (Å²) in [7, 11) is -4.03. The molecule has 112 valence electrons. The van der Waals surface area contributed by atoms with Gasteiger partial charge in [0, 0.05) is 6.54 Å². The summed E-state index contributed by atoms with van der Waals surface area (Å²) in [5, 5.41) is 12.0. The van der Waals surface area contributed by atoms with Crippen molar-refractivity contribution in [2.24, 2.45) is 0 Å². The molecular weight excluding hydrogens is 290 g/mol. The van der Waals surface area contributed by atoms with Crippen molar-refractivity contribution in [1.29, 1.82) is 0 Å². The summed E-state index contributed by atoms with van der Waals surface area (Å²) in [5.74, 6) is -1.49. The molecule has 21 heavy (non-hydrogen) atoms. The largest absolute Gasteiger partial charge is 0.477 e. The van der Waals surface area contributed by atoms with Crippen molar-refractivity contribution < 1.29 is 18.3 Å². The number of sulfone groups is 1. The normalized spacial score (nSPS) is 12.3. The highest BCUT2D eigenvalue weighted by Gasteiger charge is 2.25. The topological polar surface area (TPSA) is 83.5 Å². The van der Waals surface area contributed by atoms with Crippen molar-refractivity contribution >= 4 is 15.8 Å². The zero-order valence-corrected chi connectivity index (χ0v) is 12.2. The Balaban J connectivity index is 2.97. The molecule has 0 aliphatic rings. The molecule has 0 aromatic heterocycles. The molecule has 0 aliphatic heterocycles. The summed E-state index contributed by atoms with van der Waals surface area (Å²) in [6.07, 6.45) is 6.40. The average molecular weight is 307 g/mol. The van der Waals surface area contributed by atoms with E-state index in [1.807, 2.05) is 0 Å². The maximum atomic E-state index is 12.2. The Hall–Kier alpha value is -2.34. The van der Waals surface area contributed by atoms with E-state index in [1.54, 1.807) is 24.3 Å². The fraction of sp³-hybridized carbons (Fsp3) is 0.133. The molecule has 0 aliphatic carbocycles. The van der Waals surface area contributed by atoms with Crippen LogP contribution < -0.4 is 5.32 Å². The minimum atomic E-state index is -4.03. The number of rotatable bonds is 8. The van der Waals surface area contributed by atoms with Crippen LogP contribution in [0.2, 0.25) is 0 Å². The van der Waals surface area contributed by atoms with Crippen LogP contribution in [0.5, 0.6) is 0 Å². The Morgan fingerprint density at radius 2 is 1.95 bits per heavy atom. The lowest BCUT2D eigenvalue weighted by Gasteiger charge is -2.04. The second-order valence-electron chi connectivity index (χ2n) is 4.04. The Kier molecular flexibility index (Phi) is 6.42. The summed E-state index contributed by atoms with van der Waals surface area (Å²) in [6, 6.07) is 7.46. The van der Waals surface area contributed by atoms with Crippen LogP contribution in [0.4, 0.5) is 0 Å². The molecule has 0 spiro atoms. The van der Waals surface area contributed by atoms with Gasteiger partial charge in [-0.2, -0.15) is 0 Å². The highest BCUT2D eigenvalue weighted by atomic mass is 32.2. The van der Waals surface area contributed by atoms with E-state index in [9.17, 15) is 13.2 Å². The number of carboxylic acids is 1. The molecule has 0 saturated carbocycles. The quantitative estimate of drug-likeness (QED) is 0.332. The van der Waals surface area contributed by atoms with Crippen molar-refractivity contribution in [3.8, 4) is 0 Å². The van der Waals surface area contributed by atoms with Gasteiger partial charge in [0.25, 0.3) is 0 Å². The van der Waals surface area contributed by atoms with Gasteiger partial charge in [0.05, 0.1) is 4.90 Å². The summed E-state index contributed by atoms with van der Waals surface area (Å²) >= 11 is 0. The zero-order valence-electron chi connectivity index (χ0n) is 11.4. The SMILES string of the molecule is C=CCCNC=CC=C(C(=O)O)S(=O)(=O)c1ccccc1. The third kappa shape index (κ3) is 4.92. The van der Waals surface area contributed by atoms with E-state index in [4.69, 9.17) is 5.11 Å². The molecule has 0 heterocycles. The number of benzene rings is 1. The number of aliphatic carboxylic acids is 1. The van der Waals surface area contributed by atoms with Crippen molar-refractivity contribution in [2.45, 2.75) is 11.3 Å². The van der Waals surface area contributed by atoms with E-state index in [0.717, 1.165) is 12.5 Å². The Labute approximate surface area is 124 Å². The fourth-order valence-electron chi connectivity index (χ4n) is 1.47. The maximum Gasteiger partial charge on any atom is 0.347 e. The van der Waals surface area contributed by atoms with Crippen LogP contribution in [0.3, 0.4) is 0 Å². The van der Waals surface area contributed by atoms with Gasteiger partial charge in [0.1, 0.15) is 0 Å². The van der Waals surface area contributed by atoms with Crippen molar-refractivity contribution in [2.75, 3.05) is 6.54 Å². The Morgan fingerprint density at radius 1 is 1.29 bits per heavy atom. The van der Waals surface area contributed by atoms with Gasteiger partial charge in [-0.3, -0.25) is 0 Å². The molecule has 1 rings (SSSR count). The standard InChI is InChI=1S/C15H17NO4S/c1-2-3-11-16-12-7-10-14(15(17)18)21(19,20)13-8-5-4-6-9-13/h2,4-10,12,16H,1,3,11H2,(H,17,18). The fourth-order valence-corrected chi connectivity index (χ4v) is 2.73. The van der Waals surface area contributed by atoms with Gasteiger partial charge in [0.15, 0.2) is 4.91 Å². The van der Waals surface area contributed by atoms with E-state index in [2.05, 4.69) is 11.9 Å². The maximum absolute atomic E-state index is 12.2. The van der Waals surface area contributed by atoms with Crippen LogP contribution in [0.1, 0.15) is 6.42 Å². The molecule has 0 amide bonds. The Morgan fingerprint density at radius 3 is 2.52 bits per heavy atom. The van der Waals surface area contributed by atoms with Crippen LogP contribution in [0.25, 0.3) is 0 Å². The molecular formula is C15H17NO4S. The molecule has 0 fully saturated rings. The van der Waals surface area contributed by atoms with E-state index in [-0.39, 0.29) is 4.90 Å². The summed E-state index contributed by atoms with van der Waals surface area (Å²) < 4.78 is 24.4. The van der Waals surface area contributed by atoms with Gasteiger partial charge in [-0.25, -0.2) is 13.2 Å². The molecule has 0 atom stereocenters. The molecule has 1 aromatic carbocycles. The highest BCUT2D eigenvalue weighted by molar-refractivity contribution is 7.96. The third-order valence-electron chi connectivity index (χ3n) is 2.51. The highest BCUT2D eigenvalue weighted by Crippen LogP contribution is 2.19. The van der Waals surface area contributed by atoms with E-state index < -0.39 is 20.7 Å². The minimum Gasteiger partial charge on any atom is -0.477 e. The lowest BCUT2D eigenvalue weighted by Crippen LogP contribution is -2.13. The molecule has 5 nitrogen and oxygen atoms in total. The van der Waals surface area contributed by atoms with Crippen molar-refractivity contribution in [3.63, 3.8) is 0 Å². The van der Waals surface area contributed by atoms with Gasteiger partial charge in [-0.05, 0) is 36.9 Å². The Bertz CT molecular complexity index is 646. The van der Waals surface area contributed by atoms with Gasteiger partial charge in [0.2, 0.25) is 9.84 Å². The molecule has 0 bridgehead atoms. The molecule has 0 radical (unpaired) electrons. The molecule has 0 unspecified atom stereocenters. The zero-order chi connectivity index (χ0) is 15.7. The first-order valence-corrected chi connectivity index (χ1v) is 7.73. The van der Waals surface area contributed by atoms with E-state index in [1.165, 1.54) is 24.4 Å². The number of carboxylic acid groups (broad SMARTS) is 1. The third-order valence-corrected chi connectivity index (χ3v) is 4.29. The second kappa shape index (κ2) is 8.06. The summed E-state index contributed by atoms with van der Waals surface area (Å²) in [4.78, 5) is 10.5. The minimum absolute atomic E-state index is 0.0494. The number of nitrogens with one attached hydrogen (secondary N) is 1. The summed E-state index contributed by atoms with van der Waals surface area (Å²) in [5.41, 5.74) is 0. The molecule has 0 saturated heterocycles. The summed E-state index contributed by atoms with van der Waals surface area (Å²) in [6.45, 7) is 4.20. The van der Waals surface area contributed by atoms with Gasteiger partial charge >= 0.3 is 5.97 Å². The number of carbonyl (C=O) groups is 1. The lowest BCUT2D eigenvalue weighted by atomic mass is 10.4. The average Bonchev–Trinajstić information content (AvgIpc) is 2.46. The smallest absolute Gasteiger partial charge is 0.347 e. The molecule has 6 heteroatoms. The van der Waals surface area contributed by atoms with Crippen LogP contribution in [0, 0.1) is 0 Å². The van der Waals surface area contributed by atoms with Gasteiger partial charge in [-0.15, -0.1) is 6.58 Å². The number of hydrogen-bond acceptors (Lipinski definition) is 4. The molecule has 1 aromatic rings. The van der Waals surface area contributed by atoms with Gasteiger partial charge < -0.3 is 10.4 Å². The predicted molar refractivity (Wildman–Crippen MR) is 81.3 cm³/mol. The van der Waals surface area contributed by atoms with E-state index in [0.29, 0.717) is 6.54 Å². The molecule has 2 N–H and O–H groups in total. The van der Waals surface area contributed by atoms with Crippen LogP contribution >= 0.6 is 0 Å². The van der Waals surface area contributed by atoms with Crippen LogP contribution in [-0.2, 0) is 14.6 Å². The monoisotopic (exact) mass is 307 g/mol.